The van der Waals surface area contributed by atoms with Crippen molar-refractivity contribution < 1.29 is 8.81 Å². The van der Waals surface area contributed by atoms with Crippen LogP contribution in [0.25, 0.3) is 11.0 Å². The molecule has 2 nitrogen and oxygen atoms in total. The van der Waals surface area contributed by atoms with Crippen molar-refractivity contribution in [1.82, 2.24) is 4.90 Å². The Morgan fingerprint density at radius 2 is 2.28 bits per heavy atom. The summed E-state index contributed by atoms with van der Waals surface area (Å²) >= 11 is 1.83. The van der Waals surface area contributed by atoms with E-state index in [1.165, 1.54) is 0 Å². The Hall–Kier alpha value is -1.00. The Balaban J connectivity index is 2.04. The van der Waals surface area contributed by atoms with E-state index in [0.717, 1.165) is 28.8 Å². The molecular formula is C14H16FNOS. The number of hydrogen-bond acceptors (Lipinski definition) is 3. The fourth-order valence-electron chi connectivity index (χ4n) is 2.46. The van der Waals surface area contributed by atoms with Crippen LogP contribution in [0.4, 0.5) is 4.39 Å². The molecule has 0 amide bonds. The summed E-state index contributed by atoms with van der Waals surface area (Å²) in [7, 11) is 2.10. The Labute approximate surface area is 110 Å². The van der Waals surface area contributed by atoms with Gasteiger partial charge in [-0.1, -0.05) is 0 Å². The molecule has 2 atom stereocenters. The first-order chi connectivity index (χ1) is 8.66. The smallest absolute Gasteiger partial charge is 0.134 e. The van der Waals surface area contributed by atoms with Crippen molar-refractivity contribution in [3.8, 4) is 0 Å². The van der Waals surface area contributed by atoms with Gasteiger partial charge in [0.05, 0.1) is 6.26 Å². The monoisotopic (exact) mass is 265 g/mol. The predicted octanol–water partition coefficient (Wildman–Crippen LogP) is 3.68. The third-order valence-electron chi connectivity index (χ3n) is 3.75. The second kappa shape index (κ2) is 4.59. The van der Waals surface area contributed by atoms with Crippen LogP contribution in [-0.2, 0) is 0 Å². The predicted molar refractivity (Wildman–Crippen MR) is 73.5 cm³/mol. The number of likely N-dealkylation sites (N-methyl/N-ethyl adjacent to an activating group) is 1. The number of fused-ring (bicyclic) bond motifs is 1. The van der Waals surface area contributed by atoms with Crippen molar-refractivity contribution in [3.63, 3.8) is 0 Å². The Morgan fingerprint density at radius 3 is 3.11 bits per heavy atom. The van der Waals surface area contributed by atoms with Crippen LogP contribution in [0.5, 0.6) is 0 Å². The second-order valence-corrected chi connectivity index (χ2v) is 6.09. The van der Waals surface area contributed by atoms with Gasteiger partial charge in [-0.3, -0.25) is 0 Å². The van der Waals surface area contributed by atoms with E-state index in [-0.39, 0.29) is 11.1 Å². The van der Waals surface area contributed by atoms with E-state index in [1.54, 1.807) is 18.4 Å². The number of nitrogens with zero attached hydrogens (tertiary/aromatic N) is 1. The molecule has 4 heteroatoms. The van der Waals surface area contributed by atoms with E-state index in [4.69, 9.17) is 4.42 Å². The fraction of sp³-hybridized carbons (Fsp3) is 0.429. The number of hydrogen-bond donors (Lipinski definition) is 0. The van der Waals surface area contributed by atoms with Gasteiger partial charge in [0.2, 0.25) is 0 Å². The number of rotatable bonds is 1. The quantitative estimate of drug-likeness (QED) is 0.782. The highest BCUT2D eigenvalue weighted by atomic mass is 32.2. The highest BCUT2D eigenvalue weighted by molar-refractivity contribution is 7.99. The summed E-state index contributed by atoms with van der Waals surface area (Å²) in [6.07, 6.45) is 1.61. The number of thioether (sulfide) groups is 1. The second-order valence-electron chi connectivity index (χ2n) is 4.84. The lowest BCUT2D eigenvalue weighted by atomic mass is 10.0. The minimum atomic E-state index is -0.122. The maximum absolute atomic E-state index is 14.2. The van der Waals surface area contributed by atoms with Gasteiger partial charge in [0.1, 0.15) is 11.4 Å². The van der Waals surface area contributed by atoms with Gasteiger partial charge in [-0.2, -0.15) is 11.8 Å². The van der Waals surface area contributed by atoms with Gasteiger partial charge in [-0.25, -0.2) is 4.39 Å². The largest absolute Gasteiger partial charge is 0.464 e. The molecule has 96 valence electrons. The van der Waals surface area contributed by atoms with E-state index in [9.17, 15) is 4.39 Å². The summed E-state index contributed by atoms with van der Waals surface area (Å²) in [4.78, 5) is 2.28. The lowest BCUT2D eigenvalue weighted by Crippen LogP contribution is -2.39. The van der Waals surface area contributed by atoms with Crippen LogP contribution in [0.3, 0.4) is 0 Å². The molecule has 0 saturated carbocycles. The van der Waals surface area contributed by atoms with Crippen LogP contribution in [0, 0.1) is 5.82 Å². The molecule has 0 spiro atoms. The Bertz CT molecular complexity index is 568. The molecule has 2 heterocycles. The molecule has 1 aliphatic rings. The minimum Gasteiger partial charge on any atom is -0.464 e. The topological polar surface area (TPSA) is 16.4 Å². The van der Waals surface area contributed by atoms with Gasteiger partial charge >= 0.3 is 0 Å². The van der Waals surface area contributed by atoms with E-state index in [2.05, 4.69) is 18.9 Å². The van der Waals surface area contributed by atoms with Crippen molar-refractivity contribution in [2.45, 2.75) is 18.2 Å². The van der Waals surface area contributed by atoms with Gasteiger partial charge in [-0.05, 0) is 32.2 Å². The zero-order chi connectivity index (χ0) is 12.7. The molecule has 18 heavy (non-hydrogen) atoms. The highest BCUT2D eigenvalue weighted by Crippen LogP contribution is 2.39. The van der Waals surface area contributed by atoms with Crippen molar-refractivity contribution in [1.29, 1.82) is 0 Å². The molecule has 1 aromatic heterocycles. The van der Waals surface area contributed by atoms with Crippen LogP contribution in [0.15, 0.2) is 28.9 Å². The molecule has 1 aliphatic heterocycles. The maximum Gasteiger partial charge on any atom is 0.134 e. The summed E-state index contributed by atoms with van der Waals surface area (Å²) in [6, 6.07) is 5.57. The van der Waals surface area contributed by atoms with Gasteiger partial charge in [-0.15, -0.1) is 0 Å². The third kappa shape index (κ3) is 1.93. The zero-order valence-corrected chi connectivity index (χ0v) is 11.3. The van der Waals surface area contributed by atoms with Crippen molar-refractivity contribution in [2.75, 3.05) is 19.3 Å². The van der Waals surface area contributed by atoms with Crippen LogP contribution >= 0.6 is 11.8 Å². The normalized spacial score (nSPS) is 25.7. The van der Waals surface area contributed by atoms with Gasteiger partial charge in [0.15, 0.2) is 0 Å². The van der Waals surface area contributed by atoms with Crippen LogP contribution in [0.1, 0.15) is 17.7 Å². The summed E-state index contributed by atoms with van der Waals surface area (Å²) in [5, 5.41) is 1.01. The SMILES string of the molecule is CC1C(c2cc3occc3cc2F)SCCN1C. The maximum atomic E-state index is 14.2. The van der Waals surface area contributed by atoms with Crippen molar-refractivity contribution in [3.05, 3.63) is 35.8 Å². The molecule has 1 saturated heterocycles. The molecule has 0 N–H and O–H groups in total. The van der Waals surface area contributed by atoms with Crippen LogP contribution < -0.4 is 0 Å². The van der Waals surface area contributed by atoms with Crippen molar-refractivity contribution >= 4 is 22.7 Å². The van der Waals surface area contributed by atoms with Crippen LogP contribution in [-0.4, -0.2) is 30.3 Å². The van der Waals surface area contributed by atoms with Crippen molar-refractivity contribution in [2.24, 2.45) is 0 Å². The van der Waals surface area contributed by atoms with E-state index >= 15 is 0 Å². The molecule has 0 radical (unpaired) electrons. The molecule has 2 aromatic rings. The lowest BCUT2D eigenvalue weighted by molar-refractivity contribution is 0.257. The average molecular weight is 265 g/mol. The van der Waals surface area contributed by atoms with E-state index in [1.807, 2.05) is 17.8 Å². The summed E-state index contributed by atoms with van der Waals surface area (Å²) in [5.74, 6) is 0.921. The van der Waals surface area contributed by atoms with Gasteiger partial charge < -0.3 is 9.32 Å². The molecule has 0 bridgehead atoms. The highest BCUT2D eigenvalue weighted by Gasteiger charge is 2.29. The van der Waals surface area contributed by atoms with Crippen LogP contribution in [0.2, 0.25) is 0 Å². The number of furan rings is 1. The Morgan fingerprint density at radius 1 is 1.44 bits per heavy atom. The first-order valence-electron chi connectivity index (χ1n) is 6.15. The molecule has 0 aliphatic carbocycles. The molecule has 1 aromatic carbocycles. The first kappa shape index (κ1) is 12.1. The summed E-state index contributed by atoms with van der Waals surface area (Å²) < 4.78 is 19.6. The summed E-state index contributed by atoms with van der Waals surface area (Å²) in [5.41, 5.74) is 1.54. The number of halogens is 1. The molecule has 3 rings (SSSR count). The summed E-state index contributed by atoms with van der Waals surface area (Å²) in [6.45, 7) is 3.22. The standard InChI is InChI=1S/C14H16FNOS/c1-9-14(18-6-4-16(9)2)11-8-13-10(3-5-17-13)7-12(11)15/h3,5,7-9,14H,4,6H2,1-2H3. The lowest BCUT2D eigenvalue weighted by Gasteiger charge is -2.36. The fourth-order valence-corrected chi connectivity index (χ4v) is 3.96. The number of benzene rings is 1. The minimum absolute atomic E-state index is 0.122. The third-order valence-corrected chi connectivity index (χ3v) is 5.18. The zero-order valence-electron chi connectivity index (χ0n) is 10.5. The van der Waals surface area contributed by atoms with Gasteiger partial charge in [0.25, 0.3) is 0 Å². The Kier molecular flexibility index (Phi) is 3.08. The molecular weight excluding hydrogens is 249 g/mol. The van der Waals surface area contributed by atoms with E-state index in [0.29, 0.717) is 6.04 Å². The average Bonchev–Trinajstić information content (AvgIpc) is 2.79. The van der Waals surface area contributed by atoms with Gasteiger partial charge in [0, 0.05) is 34.5 Å². The first-order valence-corrected chi connectivity index (χ1v) is 7.20. The molecule has 1 fully saturated rings. The molecule has 2 unspecified atom stereocenters. The van der Waals surface area contributed by atoms with E-state index < -0.39 is 0 Å².